The fourth-order valence-corrected chi connectivity index (χ4v) is 6.54. The van der Waals surface area contributed by atoms with E-state index >= 15 is 0 Å². The van der Waals surface area contributed by atoms with Crippen LogP contribution in [0.3, 0.4) is 0 Å². The predicted octanol–water partition coefficient (Wildman–Crippen LogP) is 10.0. The molecule has 0 fully saturated rings. The average molecular weight is 854 g/mol. The zero-order chi connectivity index (χ0) is 42.2. The maximum absolute atomic E-state index is 11.7. The number of benzene rings is 6. The molecule has 0 aliphatic carbocycles. The zero-order valence-corrected chi connectivity index (χ0v) is 33.8. The van der Waals surface area contributed by atoms with Crippen molar-refractivity contribution in [3.05, 3.63) is 191 Å². The van der Waals surface area contributed by atoms with Crippen LogP contribution < -0.4 is 0 Å². The van der Waals surface area contributed by atoms with E-state index in [1.807, 2.05) is 121 Å². The van der Waals surface area contributed by atoms with Crippen LogP contribution in [0.4, 0.5) is 11.4 Å². The van der Waals surface area contributed by atoms with Gasteiger partial charge in [0.05, 0.1) is 45.0 Å². The molecule has 2 heterocycles. The number of carboxylic acid groups (broad SMARTS) is 2. The molecule has 0 atom stereocenters. The number of aryl methyl sites for hydroxylation is 2. The molecule has 0 bridgehead atoms. The molecular formula is C48H38CoN6O6. The van der Waals surface area contributed by atoms with E-state index in [4.69, 9.17) is 0 Å². The molecule has 8 rings (SSSR count). The normalized spacial score (nSPS) is 10.9. The molecule has 13 heteroatoms. The van der Waals surface area contributed by atoms with Crippen molar-refractivity contribution in [2.24, 2.45) is 9.98 Å². The maximum Gasteiger partial charge on any atom is 0.338 e. The minimum atomic E-state index is -1.05. The quantitative estimate of drug-likeness (QED) is 0.0983. The molecule has 0 saturated heterocycles. The van der Waals surface area contributed by atoms with Gasteiger partial charge in [-0.1, -0.05) is 121 Å². The minimum Gasteiger partial charge on any atom is -0.493 e. The molecule has 61 heavy (non-hydrogen) atoms. The first-order valence-electron chi connectivity index (χ1n) is 18.7. The Kier molecular flexibility index (Phi) is 13.5. The number of aromatic nitrogens is 4. The summed E-state index contributed by atoms with van der Waals surface area (Å²) in [6.45, 7) is 3.45. The Balaban J connectivity index is 0.000000201. The van der Waals surface area contributed by atoms with Crippen LogP contribution in [0.25, 0.3) is 33.9 Å². The van der Waals surface area contributed by atoms with Crippen LogP contribution in [0.5, 0.6) is 11.8 Å². The fraction of sp³-hybridized carbons (Fsp3) is 0.0417. The van der Waals surface area contributed by atoms with Crippen molar-refractivity contribution < 1.29 is 46.8 Å². The second kappa shape index (κ2) is 19.3. The van der Waals surface area contributed by atoms with Gasteiger partial charge in [0.1, 0.15) is 11.4 Å². The smallest absolute Gasteiger partial charge is 0.338 e. The molecule has 4 N–H and O–H groups in total. The van der Waals surface area contributed by atoms with Crippen LogP contribution in [-0.4, -0.2) is 64.4 Å². The van der Waals surface area contributed by atoms with E-state index in [2.05, 4.69) is 20.2 Å². The third kappa shape index (κ3) is 9.39. The Bertz CT molecular complexity index is 2660. The predicted molar refractivity (Wildman–Crippen MR) is 232 cm³/mol. The number of nitrogens with zero attached hydrogens (tertiary/aromatic N) is 6. The summed E-state index contributed by atoms with van der Waals surface area (Å²) in [6, 6.07) is 47.7. The van der Waals surface area contributed by atoms with Gasteiger partial charge in [0.25, 0.3) is 0 Å². The van der Waals surface area contributed by atoms with Gasteiger partial charge in [0.15, 0.2) is 0 Å². The number of aromatic hydroxyl groups is 2. The molecule has 0 aliphatic heterocycles. The van der Waals surface area contributed by atoms with Crippen molar-refractivity contribution in [3.8, 4) is 45.6 Å². The molecule has 0 aliphatic rings. The van der Waals surface area contributed by atoms with Gasteiger partial charge in [0.2, 0.25) is 11.8 Å². The molecule has 2 aromatic heterocycles. The van der Waals surface area contributed by atoms with Gasteiger partial charge in [-0.2, -0.15) is 10.2 Å². The average Bonchev–Trinajstić information content (AvgIpc) is 3.78. The number of aliphatic imine (C=N–C) groups is 2. The second-order valence-corrected chi connectivity index (χ2v) is 13.5. The first-order chi connectivity index (χ1) is 29.1. The van der Waals surface area contributed by atoms with Crippen LogP contribution in [0, 0.1) is 13.8 Å². The fourth-order valence-electron chi connectivity index (χ4n) is 6.54. The SMILES string of the molecule is Cc1cccc(N=Cc2c(-c3ccccc3)nn(-c3ccccc3)c2O)c1C(=O)O.Cc1cccc(N=Cc2c(-c3ccccc3)nn(-c3ccccc3)c2O)c1C(=O)O.[Co]. The number of aromatic carboxylic acids is 2. The van der Waals surface area contributed by atoms with Crippen molar-refractivity contribution >= 4 is 35.7 Å². The minimum absolute atomic E-state index is 0. The molecule has 1 radical (unpaired) electrons. The topological polar surface area (TPSA) is 175 Å². The summed E-state index contributed by atoms with van der Waals surface area (Å²) in [5.41, 5.74) is 7.05. The largest absolute Gasteiger partial charge is 0.493 e. The summed E-state index contributed by atoms with van der Waals surface area (Å²) >= 11 is 0. The molecule has 12 nitrogen and oxygen atoms in total. The number of carbonyl (C=O) groups is 2. The van der Waals surface area contributed by atoms with Crippen molar-refractivity contribution in [1.82, 2.24) is 19.6 Å². The first-order valence-corrected chi connectivity index (χ1v) is 18.7. The van der Waals surface area contributed by atoms with E-state index in [0.717, 1.165) is 11.1 Å². The van der Waals surface area contributed by atoms with Gasteiger partial charge in [-0.15, -0.1) is 0 Å². The molecule has 6 aromatic carbocycles. The summed E-state index contributed by atoms with van der Waals surface area (Å²) < 4.78 is 2.88. The molecule has 0 spiro atoms. The van der Waals surface area contributed by atoms with E-state index in [0.29, 0.717) is 56.4 Å². The van der Waals surface area contributed by atoms with Gasteiger partial charge in [-0.25, -0.2) is 19.0 Å². The monoisotopic (exact) mass is 853 g/mol. The Labute approximate surface area is 361 Å². The number of para-hydroxylation sites is 2. The number of carboxylic acids is 2. The third-order valence-corrected chi connectivity index (χ3v) is 9.48. The Morgan fingerprint density at radius 3 is 1.15 bits per heavy atom. The molecule has 305 valence electrons. The summed E-state index contributed by atoms with van der Waals surface area (Å²) in [5.74, 6) is -2.25. The van der Waals surface area contributed by atoms with Crippen LogP contribution >= 0.6 is 0 Å². The summed E-state index contributed by atoms with van der Waals surface area (Å²) in [4.78, 5) is 32.1. The van der Waals surface area contributed by atoms with Gasteiger partial charge >= 0.3 is 11.9 Å². The van der Waals surface area contributed by atoms with E-state index in [-0.39, 0.29) is 39.7 Å². The van der Waals surface area contributed by atoms with Crippen LogP contribution in [-0.2, 0) is 16.8 Å². The molecule has 0 saturated carbocycles. The van der Waals surface area contributed by atoms with E-state index in [9.17, 15) is 30.0 Å². The zero-order valence-electron chi connectivity index (χ0n) is 32.8. The molecule has 0 unspecified atom stereocenters. The summed E-state index contributed by atoms with van der Waals surface area (Å²) in [5, 5.41) is 50.1. The Morgan fingerprint density at radius 1 is 0.492 bits per heavy atom. The molecular weight excluding hydrogens is 815 g/mol. The first kappa shape index (κ1) is 42.7. The van der Waals surface area contributed by atoms with E-state index in [1.165, 1.54) is 21.8 Å². The van der Waals surface area contributed by atoms with Crippen molar-refractivity contribution in [1.29, 1.82) is 0 Å². The van der Waals surface area contributed by atoms with Crippen molar-refractivity contribution in [2.75, 3.05) is 0 Å². The number of rotatable bonds is 10. The molecule has 0 amide bonds. The number of hydrogen-bond acceptors (Lipinski definition) is 8. The maximum atomic E-state index is 11.7. The van der Waals surface area contributed by atoms with Gasteiger partial charge in [0, 0.05) is 40.3 Å². The summed E-state index contributed by atoms with van der Waals surface area (Å²) in [6.07, 6.45) is 2.93. The van der Waals surface area contributed by atoms with E-state index in [1.54, 1.807) is 50.2 Å². The van der Waals surface area contributed by atoms with Crippen molar-refractivity contribution in [2.45, 2.75) is 13.8 Å². The second-order valence-electron chi connectivity index (χ2n) is 13.5. The Hall–Kier alpha value is -7.87. The van der Waals surface area contributed by atoms with Crippen LogP contribution in [0.15, 0.2) is 168 Å². The number of hydrogen-bond donors (Lipinski definition) is 4. The van der Waals surface area contributed by atoms with Gasteiger partial charge < -0.3 is 20.4 Å². The molecule has 8 aromatic rings. The third-order valence-electron chi connectivity index (χ3n) is 9.48. The Morgan fingerprint density at radius 2 is 0.820 bits per heavy atom. The van der Waals surface area contributed by atoms with E-state index < -0.39 is 11.9 Å². The summed E-state index contributed by atoms with van der Waals surface area (Å²) in [7, 11) is 0. The van der Waals surface area contributed by atoms with Gasteiger partial charge in [-0.05, 0) is 61.4 Å². The van der Waals surface area contributed by atoms with Crippen LogP contribution in [0.1, 0.15) is 43.0 Å². The van der Waals surface area contributed by atoms with Crippen LogP contribution in [0.2, 0.25) is 0 Å². The van der Waals surface area contributed by atoms with Crippen molar-refractivity contribution in [3.63, 3.8) is 0 Å². The standard InChI is InChI=1S/2C24H19N3O3.Co/c2*1-16-9-8-14-20(21(16)24(29)30)25-15-19-22(17-10-4-2-5-11-17)26-27(23(19)28)18-12-6-3-7-13-18;/h2*2-15,28H,1H3,(H,29,30);. The van der Waals surface area contributed by atoms with Gasteiger partial charge in [-0.3, -0.25) is 9.98 Å².